The Balaban J connectivity index is 1.89. The summed E-state index contributed by atoms with van der Waals surface area (Å²) in [6, 6.07) is 9.40. The monoisotopic (exact) mass is 235 g/mol. The Kier molecular flexibility index (Phi) is 3.54. The quantitative estimate of drug-likeness (QED) is 0.869. The minimum absolute atomic E-state index is 0.0425. The van der Waals surface area contributed by atoms with Crippen LogP contribution in [-0.4, -0.2) is 23.5 Å². The first-order valence-corrected chi connectivity index (χ1v) is 6.87. The van der Waals surface area contributed by atoms with Crippen LogP contribution in [0.1, 0.15) is 29.6 Å². The van der Waals surface area contributed by atoms with Gasteiger partial charge in [0.15, 0.2) is 0 Å². The molecule has 1 saturated carbocycles. The van der Waals surface area contributed by atoms with Crippen molar-refractivity contribution in [1.82, 2.24) is 5.32 Å². The Morgan fingerprint density at radius 3 is 2.56 bits per heavy atom. The third-order valence-electron chi connectivity index (χ3n) is 3.30. The van der Waals surface area contributed by atoms with Gasteiger partial charge in [0.05, 0.1) is 0 Å². The standard InChI is InChI=1S/C13H17NOS/c1-16-13(8-5-9-13)10-14-12(15)11-6-3-2-4-7-11/h2-4,6-7H,5,8-10H2,1H3,(H,14,15). The van der Waals surface area contributed by atoms with E-state index in [9.17, 15) is 4.79 Å². The second-order valence-electron chi connectivity index (χ2n) is 4.29. The number of nitrogens with one attached hydrogen (secondary N) is 1. The molecule has 0 heterocycles. The van der Waals surface area contributed by atoms with Crippen molar-refractivity contribution in [1.29, 1.82) is 0 Å². The molecule has 0 atom stereocenters. The highest BCUT2D eigenvalue weighted by Gasteiger charge is 2.36. The van der Waals surface area contributed by atoms with Gasteiger partial charge in [-0.3, -0.25) is 4.79 Å². The van der Waals surface area contributed by atoms with Gasteiger partial charge in [0.2, 0.25) is 0 Å². The predicted molar refractivity (Wildman–Crippen MR) is 68.9 cm³/mol. The molecule has 3 heteroatoms. The lowest BCUT2D eigenvalue weighted by molar-refractivity contribution is 0.0944. The van der Waals surface area contributed by atoms with E-state index in [4.69, 9.17) is 0 Å². The lowest BCUT2D eigenvalue weighted by Crippen LogP contribution is -2.45. The van der Waals surface area contributed by atoms with Gasteiger partial charge < -0.3 is 5.32 Å². The maximum absolute atomic E-state index is 11.8. The van der Waals surface area contributed by atoms with Crippen molar-refractivity contribution >= 4 is 17.7 Å². The van der Waals surface area contributed by atoms with Crippen LogP contribution in [0.2, 0.25) is 0 Å². The summed E-state index contributed by atoms with van der Waals surface area (Å²) in [5, 5.41) is 3.03. The Bertz CT molecular complexity index is 354. The van der Waals surface area contributed by atoms with Crippen LogP contribution in [0, 0.1) is 0 Å². The molecule has 1 aromatic carbocycles. The molecule has 0 unspecified atom stereocenters. The number of hydrogen-bond donors (Lipinski definition) is 1. The summed E-state index contributed by atoms with van der Waals surface area (Å²) in [5.41, 5.74) is 0.748. The van der Waals surface area contributed by atoms with Gasteiger partial charge in [0, 0.05) is 16.9 Å². The molecular formula is C13H17NOS. The van der Waals surface area contributed by atoms with E-state index in [2.05, 4.69) is 11.6 Å². The average molecular weight is 235 g/mol. The van der Waals surface area contributed by atoms with Crippen molar-refractivity contribution in [2.24, 2.45) is 0 Å². The maximum Gasteiger partial charge on any atom is 0.251 e. The number of thioether (sulfide) groups is 1. The van der Waals surface area contributed by atoms with Crippen LogP contribution in [0.3, 0.4) is 0 Å². The number of carbonyl (C=O) groups is 1. The third-order valence-corrected chi connectivity index (χ3v) is 4.72. The molecule has 0 aromatic heterocycles. The maximum atomic E-state index is 11.8. The zero-order valence-electron chi connectivity index (χ0n) is 9.53. The predicted octanol–water partition coefficient (Wildman–Crippen LogP) is 2.70. The number of benzene rings is 1. The molecular weight excluding hydrogens is 218 g/mol. The van der Waals surface area contributed by atoms with Crippen LogP contribution in [0.5, 0.6) is 0 Å². The van der Waals surface area contributed by atoms with E-state index in [1.54, 1.807) is 0 Å². The Morgan fingerprint density at radius 1 is 1.38 bits per heavy atom. The minimum atomic E-state index is 0.0425. The van der Waals surface area contributed by atoms with Gasteiger partial charge in [-0.2, -0.15) is 11.8 Å². The first kappa shape index (κ1) is 11.5. The number of rotatable bonds is 4. The third kappa shape index (κ3) is 2.40. The fourth-order valence-corrected chi connectivity index (χ4v) is 2.87. The first-order valence-electron chi connectivity index (χ1n) is 5.64. The number of carbonyl (C=O) groups excluding carboxylic acids is 1. The van der Waals surface area contributed by atoms with Gasteiger partial charge in [-0.25, -0.2) is 0 Å². The smallest absolute Gasteiger partial charge is 0.251 e. The van der Waals surface area contributed by atoms with Gasteiger partial charge in [-0.15, -0.1) is 0 Å². The van der Waals surface area contributed by atoms with E-state index in [1.165, 1.54) is 19.3 Å². The number of amides is 1. The highest BCUT2D eigenvalue weighted by molar-refractivity contribution is 8.00. The van der Waals surface area contributed by atoms with Gasteiger partial charge in [0.25, 0.3) is 5.91 Å². The van der Waals surface area contributed by atoms with Gasteiger partial charge in [0.1, 0.15) is 0 Å². The van der Waals surface area contributed by atoms with Crippen LogP contribution in [-0.2, 0) is 0 Å². The highest BCUT2D eigenvalue weighted by atomic mass is 32.2. The van der Waals surface area contributed by atoms with Crippen molar-refractivity contribution in [3.63, 3.8) is 0 Å². The van der Waals surface area contributed by atoms with E-state index in [0.717, 1.165) is 12.1 Å². The summed E-state index contributed by atoms with van der Waals surface area (Å²) in [5.74, 6) is 0.0425. The van der Waals surface area contributed by atoms with Crippen molar-refractivity contribution in [2.45, 2.75) is 24.0 Å². The molecule has 86 valence electrons. The van der Waals surface area contributed by atoms with E-state index in [0.29, 0.717) is 4.75 Å². The van der Waals surface area contributed by atoms with E-state index >= 15 is 0 Å². The lowest BCUT2D eigenvalue weighted by atomic mass is 9.84. The second-order valence-corrected chi connectivity index (χ2v) is 5.56. The van der Waals surface area contributed by atoms with Gasteiger partial charge >= 0.3 is 0 Å². The lowest BCUT2D eigenvalue weighted by Gasteiger charge is -2.40. The molecule has 0 radical (unpaired) electrons. The highest BCUT2D eigenvalue weighted by Crippen LogP contribution is 2.42. The molecule has 0 saturated heterocycles. The molecule has 2 nitrogen and oxygen atoms in total. The topological polar surface area (TPSA) is 29.1 Å². The van der Waals surface area contributed by atoms with E-state index < -0.39 is 0 Å². The van der Waals surface area contributed by atoms with Gasteiger partial charge in [-0.1, -0.05) is 24.6 Å². The Labute approximate surface area is 101 Å². The Morgan fingerprint density at radius 2 is 2.06 bits per heavy atom. The largest absolute Gasteiger partial charge is 0.351 e. The van der Waals surface area contributed by atoms with Crippen LogP contribution < -0.4 is 5.32 Å². The molecule has 1 aliphatic carbocycles. The molecule has 0 aliphatic heterocycles. The molecule has 1 fully saturated rings. The second kappa shape index (κ2) is 4.91. The summed E-state index contributed by atoms with van der Waals surface area (Å²) in [6.07, 6.45) is 5.88. The zero-order valence-corrected chi connectivity index (χ0v) is 10.3. The average Bonchev–Trinajstić information content (AvgIpc) is 2.29. The molecule has 0 bridgehead atoms. The summed E-state index contributed by atoms with van der Waals surface area (Å²) in [7, 11) is 0. The van der Waals surface area contributed by atoms with Crippen molar-refractivity contribution in [2.75, 3.05) is 12.8 Å². The molecule has 1 aliphatic rings. The van der Waals surface area contributed by atoms with Crippen LogP contribution in [0.15, 0.2) is 30.3 Å². The molecule has 2 rings (SSSR count). The van der Waals surface area contributed by atoms with Crippen LogP contribution in [0.25, 0.3) is 0 Å². The summed E-state index contributed by atoms with van der Waals surface area (Å²) < 4.78 is 0.310. The van der Waals surface area contributed by atoms with Crippen LogP contribution in [0.4, 0.5) is 0 Å². The zero-order chi connectivity index (χ0) is 11.4. The summed E-state index contributed by atoms with van der Waals surface area (Å²) in [4.78, 5) is 11.8. The van der Waals surface area contributed by atoms with Gasteiger partial charge in [-0.05, 0) is 31.2 Å². The molecule has 16 heavy (non-hydrogen) atoms. The fourth-order valence-electron chi connectivity index (χ4n) is 1.96. The fraction of sp³-hybridized carbons (Fsp3) is 0.462. The molecule has 0 spiro atoms. The normalized spacial score (nSPS) is 17.6. The summed E-state index contributed by atoms with van der Waals surface area (Å²) >= 11 is 1.88. The first-order chi connectivity index (χ1) is 7.76. The van der Waals surface area contributed by atoms with Crippen molar-refractivity contribution < 1.29 is 4.79 Å². The number of hydrogen-bond acceptors (Lipinski definition) is 2. The summed E-state index contributed by atoms with van der Waals surface area (Å²) in [6.45, 7) is 0.794. The molecule has 1 N–H and O–H groups in total. The SMILES string of the molecule is CSC1(CNC(=O)c2ccccc2)CCC1. The minimum Gasteiger partial charge on any atom is -0.351 e. The molecule has 1 amide bonds. The molecule has 1 aromatic rings. The van der Waals surface area contributed by atoms with E-state index in [-0.39, 0.29) is 5.91 Å². The van der Waals surface area contributed by atoms with Crippen molar-refractivity contribution in [3.05, 3.63) is 35.9 Å². The van der Waals surface area contributed by atoms with E-state index in [1.807, 2.05) is 42.1 Å². The Hall–Kier alpha value is -0.960. The van der Waals surface area contributed by atoms with Crippen LogP contribution >= 0.6 is 11.8 Å². The van der Waals surface area contributed by atoms with Crippen molar-refractivity contribution in [3.8, 4) is 0 Å².